The van der Waals surface area contributed by atoms with Gasteiger partial charge in [0.15, 0.2) is 5.78 Å². The number of carboxylic acid groups (broad SMARTS) is 1. The molecule has 0 spiro atoms. The van der Waals surface area contributed by atoms with Crippen molar-refractivity contribution >= 4 is 46.3 Å². The molecule has 0 aliphatic rings. The average molecular weight is 269 g/mol. The fraction of sp³-hybridized carbons (Fsp3) is 0.250. The third-order valence-electron chi connectivity index (χ3n) is 1.42. The molecule has 7 heteroatoms. The predicted molar refractivity (Wildman–Crippen MR) is 57.1 cm³/mol. The summed E-state index contributed by atoms with van der Waals surface area (Å²) in [4.78, 5) is 21.5. The quantitative estimate of drug-likeness (QED) is 0.833. The highest BCUT2D eigenvalue weighted by Crippen LogP contribution is 2.31. The molecular weight excluding hydrogens is 263 g/mol. The first-order valence-electron chi connectivity index (χ1n) is 3.78. The van der Waals surface area contributed by atoms with Crippen LogP contribution < -0.4 is 0 Å². The average Bonchev–Trinajstić information content (AvgIpc) is 2.44. The molecule has 1 aromatic rings. The summed E-state index contributed by atoms with van der Waals surface area (Å²) in [6, 6.07) is 1.43. The van der Waals surface area contributed by atoms with E-state index in [1.54, 1.807) is 0 Å². The molecule has 0 unspecified atom stereocenters. The third-order valence-corrected chi connectivity index (χ3v) is 2.90. The van der Waals surface area contributed by atoms with Crippen molar-refractivity contribution in [2.24, 2.45) is 0 Å². The van der Waals surface area contributed by atoms with Crippen LogP contribution in [0.25, 0.3) is 0 Å². The highest BCUT2D eigenvalue weighted by molar-refractivity contribution is 7.20. The van der Waals surface area contributed by atoms with Gasteiger partial charge in [-0.05, 0) is 6.07 Å². The highest BCUT2D eigenvalue weighted by atomic mass is 35.5. The van der Waals surface area contributed by atoms with Gasteiger partial charge < -0.3 is 9.84 Å². The number of Topliss-reactive ketones (excluding diaryl/α,β-unsaturated/α-hetero) is 1. The second-order valence-corrected chi connectivity index (χ2v) is 4.83. The zero-order valence-electron chi connectivity index (χ0n) is 7.33. The summed E-state index contributed by atoms with van der Waals surface area (Å²) in [5, 5.41) is 8.27. The minimum absolute atomic E-state index is 0.261. The third kappa shape index (κ3) is 3.79. The fourth-order valence-corrected chi connectivity index (χ4v) is 2.34. The summed E-state index contributed by atoms with van der Waals surface area (Å²) in [5.41, 5.74) is 0.261. The number of thiophene rings is 1. The van der Waals surface area contributed by atoms with Crippen LogP contribution in [0.4, 0.5) is 0 Å². The number of carbonyl (C=O) groups excluding carboxylic acids is 1. The van der Waals surface area contributed by atoms with Gasteiger partial charge in [0.05, 0.1) is 9.90 Å². The number of ether oxygens (including phenoxy) is 1. The first-order chi connectivity index (χ1) is 7.00. The molecule has 0 atom stereocenters. The molecule has 0 fully saturated rings. The Hall–Kier alpha value is -0.620. The van der Waals surface area contributed by atoms with Crippen LogP contribution in [0, 0.1) is 0 Å². The van der Waals surface area contributed by atoms with Gasteiger partial charge in [-0.3, -0.25) is 4.79 Å². The molecule has 0 saturated heterocycles. The van der Waals surface area contributed by atoms with E-state index in [4.69, 9.17) is 28.3 Å². The van der Waals surface area contributed by atoms with Crippen LogP contribution in [-0.2, 0) is 9.53 Å². The minimum Gasteiger partial charge on any atom is -0.480 e. The van der Waals surface area contributed by atoms with E-state index < -0.39 is 12.6 Å². The van der Waals surface area contributed by atoms with E-state index >= 15 is 0 Å². The SMILES string of the molecule is O=C(O)COCC(=O)c1cc(Cl)sc1Cl. The highest BCUT2D eigenvalue weighted by Gasteiger charge is 2.14. The van der Waals surface area contributed by atoms with Crippen LogP contribution in [-0.4, -0.2) is 30.1 Å². The molecule has 1 heterocycles. The molecule has 4 nitrogen and oxygen atoms in total. The lowest BCUT2D eigenvalue weighted by atomic mass is 10.2. The van der Waals surface area contributed by atoms with Crippen LogP contribution in [0.2, 0.25) is 8.67 Å². The van der Waals surface area contributed by atoms with Crippen molar-refractivity contribution in [3.05, 3.63) is 20.3 Å². The topological polar surface area (TPSA) is 63.6 Å². The van der Waals surface area contributed by atoms with Gasteiger partial charge in [-0.25, -0.2) is 4.79 Å². The van der Waals surface area contributed by atoms with Crippen LogP contribution in [0.15, 0.2) is 6.07 Å². The van der Waals surface area contributed by atoms with Gasteiger partial charge >= 0.3 is 5.97 Å². The Labute approximate surface area is 99.4 Å². The summed E-state index contributed by atoms with van der Waals surface area (Å²) in [6.07, 6.45) is 0. The number of carboxylic acids is 1. The molecule has 0 aliphatic heterocycles. The Bertz CT molecular complexity index is 388. The summed E-state index contributed by atoms with van der Waals surface area (Å²) in [7, 11) is 0. The van der Waals surface area contributed by atoms with Crippen molar-refractivity contribution < 1.29 is 19.4 Å². The Kier molecular flexibility index (Phi) is 4.53. The van der Waals surface area contributed by atoms with Crippen LogP contribution in [0.5, 0.6) is 0 Å². The normalized spacial score (nSPS) is 10.3. The van der Waals surface area contributed by atoms with Gasteiger partial charge in [-0.2, -0.15) is 0 Å². The molecule has 0 aliphatic carbocycles. The van der Waals surface area contributed by atoms with Crippen molar-refractivity contribution in [1.82, 2.24) is 0 Å². The first kappa shape index (κ1) is 12.4. The fourth-order valence-electron chi connectivity index (χ4n) is 0.839. The lowest BCUT2D eigenvalue weighted by molar-refractivity contribution is -0.141. The van der Waals surface area contributed by atoms with Gasteiger partial charge in [0.2, 0.25) is 0 Å². The van der Waals surface area contributed by atoms with Crippen molar-refractivity contribution in [2.75, 3.05) is 13.2 Å². The first-order valence-corrected chi connectivity index (χ1v) is 5.35. The van der Waals surface area contributed by atoms with Gasteiger partial charge in [-0.1, -0.05) is 23.2 Å². The molecule has 15 heavy (non-hydrogen) atoms. The van der Waals surface area contributed by atoms with E-state index in [9.17, 15) is 9.59 Å². The molecule has 0 saturated carbocycles. The summed E-state index contributed by atoms with van der Waals surface area (Å²) >= 11 is 12.4. The molecule has 1 N–H and O–H groups in total. The van der Waals surface area contributed by atoms with E-state index in [0.29, 0.717) is 4.34 Å². The van der Waals surface area contributed by atoms with E-state index in [1.807, 2.05) is 0 Å². The van der Waals surface area contributed by atoms with Crippen LogP contribution in [0.1, 0.15) is 10.4 Å². The molecule has 0 bridgehead atoms. The molecular formula is C8H6Cl2O4S. The van der Waals surface area contributed by atoms with Gasteiger partial charge in [0.1, 0.15) is 17.6 Å². The Morgan fingerprint density at radius 1 is 1.40 bits per heavy atom. The largest absolute Gasteiger partial charge is 0.480 e. The maximum Gasteiger partial charge on any atom is 0.329 e. The van der Waals surface area contributed by atoms with E-state index in [2.05, 4.69) is 4.74 Å². The van der Waals surface area contributed by atoms with Crippen molar-refractivity contribution in [2.45, 2.75) is 0 Å². The summed E-state index contributed by atoms with van der Waals surface area (Å²) in [6.45, 7) is -0.833. The second kappa shape index (κ2) is 5.46. The number of ketones is 1. The lowest BCUT2D eigenvalue weighted by Crippen LogP contribution is -2.14. The molecule has 0 radical (unpaired) electrons. The molecule has 1 rings (SSSR count). The number of rotatable bonds is 5. The molecule has 0 aromatic carbocycles. The smallest absolute Gasteiger partial charge is 0.329 e. The monoisotopic (exact) mass is 268 g/mol. The zero-order valence-corrected chi connectivity index (χ0v) is 9.66. The number of aliphatic carboxylic acids is 1. The number of carbonyl (C=O) groups is 2. The molecule has 82 valence electrons. The lowest BCUT2D eigenvalue weighted by Gasteiger charge is -1.99. The minimum atomic E-state index is -1.13. The summed E-state index contributed by atoms with van der Waals surface area (Å²) in [5.74, 6) is -1.51. The van der Waals surface area contributed by atoms with Crippen molar-refractivity contribution in [3.63, 3.8) is 0 Å². The van der Waals surface area contributed by atoms with Crippen molar-refractivity contribution in [3.8, 4) is 0 Å². The van der Waals surface area contributed by atoms with E-state index in [-0.39, 0.29) is 22.3 Å². The van der Waals surface area contributed by atoms with Crippen LogP contribution in [0.3, 0.4) is 0 Å². The van der Waals surface area contributed by atoms with Gasteiger partial charge in [-0.15, -0.1) is 11.3 Å². The molecule has 0 amide bonds. The number of hydrogen-bond donors (Lipinski definition) is 1. The second-order valence-electron chi connectivity index (χ2n) is 2.55. The number of halogens is 2. The van der Waals surface area contributed by atoms with Crippen molar-refractivity contribution in [1.29, 1.82) is 0 Å². The van der Waals surface area contributed by atoms with E-state index in [0.717, 1.165) is 11.3 Å². The standard InChI is InChI=1S/C8H6Cl2O4S/c9-6-1-4(8(10)15-6)5(11)2-14-3-7(12)13/h1H,2-3H2,(H,12,13). The van der Waals surface area contributed by atoms with Gasteiger partial charge in [0, 0.05) is 0 Å². The predicted octanol–water partition coefficient (Wildman–Crippen LogP) is 2.34. The Balaban J connectivity index is 2.54. The maximum atomic E-state index is 11.4. The summed E-state index contributed by atoms with van der Waals surface area (Å²) < 4.78 is 5.32. The van der Waals surface area contributed by atoms with E-state index in [1.165, 1.54) is 6.07 Å². The van der Waals surface area contributed by atoms with Crippen LogP contribution >= 0.6 is 34.5 Å². The zero-order chi connectivity index (χ0) is 11.4. The molecule has 1 aromatic heterocycles. The van der Waals surface area contributed by atoms with Gasteiger partial charge in [0.25, 0.3) is 0 Å². The Morgan fingerprint density at radius 3 is 2.53 bits per heavy atom. The number of hydrogen-bond acceptors (Lipinski definition) is 4. The maximum absolute atomic E-state index is 11.4. The Morgan fingerprint density at radius 2 is 2.07 bits per heavy atom.